The SMILES string of the molecule is CC(C)(C)c1cnc(CSc2cnc(NC(=O)c3ccc(N)cc3)s2)o1. The molecule has 0 aliphatic heterocycles. The molecule has 3 N–H and O–H groups in total. The van der Waals surface area contributed by atoms with Crippen molar-refractivity contribution in [1.82, 2.24) is 9.97 Å². The molecule has 0 unspecified atom stereocenters. The number of benzene rings is 1. The molecule has 0 saturated heterocycles. The number of nitrogens with two attached hydrogens (primary N) is 1. The zero-order valence-corrected chi connectivity index (χ0v) is 16.4. The molecule has 0 aliphatic rings. The summed E-state index contributed by atoms with van der Waals surface area (Å²) in [7, 11) is 0. The molecule has 0 bridgehead atoms. The van der Waals surface area contributed by atoms with Crippen molar-refractivity contribution in [2.24, 2.45) is 0 Å². The number of carbonyl (C=O) groups excluding carboxylic acids is 1. The number of anilines is 2. The smallest absolute Gasteiger partial charge is 0.257 e. The second-order valence-corrected chi connectivity index (χ2v) is 9.02. The zero-order chi connectivity index (χ0) is 18.7. The molecule has 1 amide bonds. The van der Waals surface area contributed by atoms with E-state index in [1.807, 2.05) is 0 Å². The lowest BCUT2D eigenvalue weighted by atomic mass is 9.94. The first kappa shape index (κ1) is 18.5. The molecular weight excluding hydrogens is 368 g/mol. The van der Waals surface area contributed by atoms with E-state index >= 15 is 0 Å². The highest BCUT2D eigenvalue weighted by Gasteiger charge is 2.19. The minimum absolute atomic E-state index is 0.0556. The Morgan fingerprint density at radius 2 is 1.96 bits per heavy atom. The van der Waals surface area contributed by atoms with Gasteiger partial charge in [-0.15, -0.1) is 11.8 Å². The van der Waals surface area contributed by atoms with Gasteiger partial charge in [-0.05, 0) is 24.3 Å². The van der Waals surface area contributed by atoms with Crippen LogP contribution in [0.4, 0.5) is 10.8 Å². The number of thiazole rings is 1. The van der Waals surface area contributed by atoms with Crippen LogP contribution in [0.1, 0.15) is 42.8 Å². The third-order valence-electron chi connectivity index (χ3n) is 3.51. The van der Waals surface area contributed by atoms with Crippen LogP contribution in [0.2, 0.25) is 0 Å². The maximum absolute atomic E-state index is 12.2. The predicted octanol–water partition coefficient (Wildman–Crippen LogP) is 4.56. The van der Waals surface area contributed by atoms with Crippen LogP contribution in [0.5, 0.6) is 0 Å². The van der Waals surface area contributed by atoms with Crippen LogP contribution in [-0.2, 0) is 11.2 Å². The number of nitrogens with one attached hydrogen (secondary N) is 1. The Balaban J connectivity index is 1.57. The number of thioether (sulfide) groups is 1. The summed E-state index contributed by atoms with van der Waals surface area (Å²) in [4.78, 5) is 20.8. The van der Waals surface area contributed by atoms with Crippen LogP contribution < -0.4 is 11.1 Å². The van der Waals surface area contributed by atoms with Crippen molar-refractivity contribution in [2.45, 2.75) is 36.1 Å². The molecule has 0 fully saturated rings. The van der Waals surface area contributed by atoms with Crippen LogP contribution in [0.15, 0.2) is 45.3 Å². The number of hydrogen-bond donors (Lipinski definition) is 2. The number of rotatable bonds is 5. The topological polar surface area (TPSA) is 94.0 Å². The van der Waals surface area contributed by atoms with E-state index in [2.05, 4.69) is 36.1 Å². The van der Waals surface area contributed by atoms with Crippen LogP contribution in [0.25, 0.3) is 0 Å². The molecule has 0 atom stereocenters. The first-order valence-electron chi connectivity index (χ1n) is 8.02. The van der Waals surface area contributed by atoms with Crippen LogP contribution in [0.3, 0.4) is 0 Å². The molecular formula is C18H20N4O2S2. The van der Waals surface area contributed by atoms with E-state index < -0.39 is 0 Å². The molecule has 0 radical (unpaired) electrons. The Kier molecular flexibility index (Phi) is 5.33. The van der Waals surface area contributed by atoms with Gasteiger partial charge in [0.1, 0.15) is 5.76 Å². The highest BCUT2D eigenvalue weighted by Crippen LogP contribution is 2.32. The molecule has 2 aromatic heterocycles. The second-order valence-electron chi connectivity index (χ2n) is 6.72. The largest absolute Gasteiger partial charge is 0.444 e. The van der Waals surface area contributed by atoms with Crippen molar-refractivity contribution in [2.75, 3.05) is 11.1 Å². The molecule has 0 saturated carbocycles. The lowest BCUT2D eigenvalue weighted by molar-refractivity contribution is 0.102. The number of nitrogen functional groups attached to an aromatic ring is 1. The van der Waals surface area contributed by atoms with E-state index in [9.17, 15) is 4.79 Å². The van der Waals surface area contributed by atoms with Crippen LogP contribution >= 0.6 is 23.1 Å². The molecule has 8 heteroatoms. The summed E-state index contributed by atoms with van der Waals surface area (Å²) in [6.45, 7) is 6.26. The highest BCUT2D eigenvalue weighted by molar-refractivity contribution is 8.00. The van der Waals surface area contributed by atoms with Gasteiger partial charge in [-0.2, -0.15) is 0 Å². The molecule has 3 aromatic rings. The lowest BCUT2D eigenvalue weighted by Gasteiger charge is -2.12. The van der Waals surface area contributed by atoms with Crippen molar-refractivity contribution in [3.63, 3.8) is 0 Å². The van der Waals surface area contributed by atoms with Gasteiger partial charge in [0.25, 0.3) is 5.91 Å². The minimum Gasteiger partial charge on any atom is -0.444 e. The summed E-state index contributed by atoms with van der Waals surface area (Å²) < 4.78 is 6.76. The lowest BCUT2D eigenvalue weighted by Crippen LogP contribution is -2.11. The Morgan fingerprint density at radius 3 is 2.62 bits per heavy atom. The van der Waals surface area contributed by atoms with Crippen molar-refractivity contribution < 1.29 is 9.21 Å². The van der Waals surface area contributed by atoms with Gasteiger partial charge in [0.2, 0.25) is 5.89 Å². The van der Waals surface area contributed by atoms with Gasteiger partial charge in [-0.3, -0.25) is 10.1 Å². The Hall–Kier alpha value is -2.32. The van der Waals surface area contributed by atoms with E-state index in [0.29, 0.717) is 28.0 Å². The van der Waals surface area contributed by atoms with Crippen LogP contribution in [-0.4, -0.2) is 15.9 Å². The average Bonchev–Trinajstić information content (AvgIpc) is 3.22. The second kappa shape index (κ2) is 7.51. The molecule has 0 aliphatic carbocycles. The zero-order valence-electron chi connectivity index (χ0n) is 14.8. The molecule has 1 aromatic carbocycles. The van der Waals surface area contributed by atoms with E-state index in [-0.39, 0.29) is 11.3 Å². The summed E-state index contributed by atoms with van der Waals surface area (Å²) in [5.74, 6) is 1.96. The molecule has 0 spiro atoms. The fraction of sp³-hybridized carbons (Fsp3) is 0.278. The highest BCUT2D eigenvalue weighted by atomic mass is 32.2. The fourth-order valence-corrected chi connectivity index (χ4v) is 3.77. The number of carbonyl (C=O) groups is 1. The van der Waals surface area contributed by atoms with Crippen molar-refractivity contribution >= 4 is 39.8 Å². The minimum atomic E-state index is -0.210. The first-order valence-corrected chi connectivity index (χ1v) is 9.82. The standard InChI is InChI=1S/C18H20N4O2S2/c1-18(2,3)13-8-20-14(24-13)10-25-15-9-21-17(26-15)22-16(23)11-4-6-12(19)7-5-11/h4-9H,10,19H2,1-3H3,(H,21,22,23). The maximum Gasteiger partial charge on any atom is 0.257 e. The van der Waals surface area contributed by atoms with Gasteiger partial charge >= 0.3 is 0 Å². The van der Waals surface area contributed by atoms with Gasteiger partial charge < -0.3 is 10.2 Å². The maximum atomic E-state index is 12.2. The van der Waals surface area contributed by atoms with Crippen molar-refractivity contribution in [3.8, 4) is 0 Å². The third kappa shape index (κ3) is 4.64. The van der Waals surface area contributed by atoms with E-state index in [1.165, 1.54) is 11.3 Å². The number of nitrogens with zero attached hydrogens (tertiary/aromatic N) is 2. The molecule has 2 heterocycles. The number of amides is 1. The molecule has 26 heavy (non-hydrogen) atoms. The van der Waals surface area contributed by atoms with Gasteiger partial charge in [0.05, 0.1) is 22.4 Å². The normalized spacial score (nSPS) is 11.5. The molecule has 136 valence electrons. The first-order chi connectivity index (χ1) is 12.3. The molecule has 6 nitrogen and oxygen atoms in total. The predicted molar refractivity (Wildman–Crippen MR) is 106 cm³/mol. The summed E-state index contributed by atoms with van der Waals surface area (Å²) in [6, 6.07) is 6.76. The van der Waals surface area contributed by atoms with E-state index in [1.54, 1.807) is 48.4 Å². The van der Waals surface area contributed by atoms with Gasteiger partial charge in [-0.25, -0.2) is 9.97 Å². The fourth-order valence-electron chi connectivity index (χ4n) is 2.04. The van der Waals surface area contributed by atoms with E-state index in [4.69, 9.17) is 10.2 Å². The summed E-state index contributed by atoms with van der Waals surface area (Å²) in [6.07, 6.45) is 3.52. The quantitative estimate of drug-likeness (QED) is 0.492. The average molecular weight is 389 g/mol. The monoisotopic (exact) mass is 388 g/mol. The van der Waals surface area contributed by atoms with Crippen LogP contribution in [0, 0.1) is 0 Å². The summed E-state index contributed by atoms with van der Waals surface area (Å²) in [5.41, 5.74) is 6.74. The Bertz CT molecular complexity index is 895. The van der Waals surface area contributed by atoms with E-state index in [0.717, 1.165) is 9.97 Å². The van der Waals surface area contributed by atoms with Crippen molar-refractivity contribution in [3.05, 3.63) is 53.9 Å². The Labute approximate surface area is 160 Å². The van der Waals surface area contributed by atoms with Gasteiger partial charge in [0.15, 0.2) is 5.13 Å². The summed E-state index contributed by atoms with van der Waals surface area (Å²) in [5, 5.41) is 3.35. The summed E-state index contributed by atoms with van der Waals surface area (Å²) >= 11 is 2.99. The van der Waals surface area contributed by atoms with Gasteiger partial charge in [-0.1, -0.05) is 32.1 Å². The Morgan fingerprint density at radius 1 is 1.23 bits per heavy atom. The van der Waals surface area contributed by atoms with Gasteiger partial charge in [0, 0.05) is 16.7 Å². The number of oxazole rings is 1. The molecule has 3 rings (SSSR count). The van der Waals surface area contributed by atoms with Crippen molar-refractivity contribution in [1.29, 1.82) is 0 Å². The third-order valence-corrected chi connectivity index (χ3v) is 5.60. The number of aromatic nitrogens is 2. The number of hydrogen-bond acceptors (Lipinski definition) is 7.